The zero-order valence-electron chi connectivity index (χ0n) is 17.9. The van der Waals surface area contributed by atoms with Gasteiger partial charge >= 0.3 is 0 Å². The highest BCUT2D eigenvalue weighted by Crippen LogP contribution is 2.37. The number of nitrogens with zero attached hydrogens (tertiary/aromatic N) is 3. The summed E-state index contributed by atoms with van der Waals surface area (Å²) in [4.78, 5) is 17.7. The predicted octanol–water partition coefficient (Wildman–Crippen LogP) is 5.07. The molecule has 160 valence electrons. The van der Waals surface area contributed by atoms with Crippen LogP contribution in [0.1, 0.15) is 43.2 Å². The van der Waals surface area contributed by atoms with Gasteiger partial charge in [0.1, 0.15) is 5.69 Å². The van der Waals surface area contributed by atoms with E-state index in [1.165, 1.54) is 19.3 Å². The number of anilines is 1. The van der Waals surface area contributed by atoms with Crippen molar-refractivity contribution < 1.29 is 9.32 Å². The van der Waals surface area contributed by atoms with Crippen LogP contribution in [0.2, 0.25) is 0 Å². The molecule has 1 aliphatic carbocycles. The SMILES string of the molecule is O=C(Cc1ccccc1)N(Cc1c(-c2ccccc2)noc1N1CCCCC1)C1CC1. The summed E-state index contributed by atoms with van der Waals surface area (Å²) in [7, 11) is 0. The fraction of sp³-hybridized carbons (Fsp3) is 0.385. The first-order chi connectivity index (χ1) is 15.3. The largest absolute Gasteiger partial charge is 0.340 e. The summed E-state index contributed by atoms with van der Waals surface area (Å²) in [5.41, 5.74) is 4.00. The van der Waals surface area contributed by atoms with Gasteiger partial charge in [0, 0.05) is 24.7 Å². The van der Waals surface area contributed by atoms with Crippen LogP contribution in [-0.4, -0.2) is 35.1 Å². The molecule has 1 aliphatic heterocycles. The van der Waals surface area contributed by atoms with Gasteiger partial charge in [-0.3, -0.25) is 4.79 Å². The Morgan fingerprint density at radius 2 is 1.65 bits per heavy atom. The molecule has 31 heavy (non-hydrogen) atoms. The second kappa shape index (κ2) is 8.96. The van der Waals surface area contributed by atoms with Crippen molar-refractivity contribution in [1.29, 1.82) is 0 Å². The Hall–Kier alpha value is -3.08. The Morgan fingerprint density at radius 3 is 2.32 bits per heavy atom. The molecule has 2 heterocycles. The maximum atomic E-state index is 13.3. The van der Waals surface area contributed by atoms with E-state index in [9.17, 15) is 4.79 Å². The van der Waals surface area contributed by atoms with Crippen molar-refractivity contribution in [3.63, 3.8) is 0 Å². The number of hydrogen-bond acceptors (Lipinski definition) is 4. The van der Waals surface area contributed by atoms with Crippen LogP contribution in [0.25, 0.3) is 11.3 Å². The van der Waals surface area contributed by atoms with Crippen LogP contribution in [0.5, 0.6) is 0 Å². The molecular formula is C26H29N3O2. The smallest absolute Gasteiger partial charge is 0.232 e. The van der Waals surface area contributed by atoms with Crippen LogP contribution in [0.15, 0.2) is 65.2 Å². The number of hydrogen-bond donors (Lipinski definition) is 0. The van der Waals surface area contributed by atoms with Gasteiger partial charge < -0.3 is 14.3 Å². The van der Waals surface area contributed by atoms with E-state index >= 15 is 0 Å². The van der Waals surface area contributed by atoms with Gasteiger partial charge in [0.2, 0.25) is 11.8 Å². The molecule has 5 heteroatoms. The molecule has 0 radical (unpaired) electrons. The second-order valence-corrected chi connectivity index (χ2v) is 8.64. The third-order valence-electron chi connectivity index (χ3n) is 6.29. The van der Waals surface area contributed by atoms with Crippen LogP contribution >= 0.6 is 0 Å². The molecular weight excluding hydrogens is 386 g/mol. The summed E-state index contributed by atoms with van der Waals surface area (Å²) >= 11 is 0. The number of aromatic nitrogens is 1. The number of amides is 1. The van der Waals surface area contributed by atoms with Crippen molar-refractivity contribution in [3.05, 3.63) is 71.8 Å². The van der Waals surface area contributed by atoms with Crippen molar-refractivity contribution >= 4 is 11.8 Å². The molecule has 1 saturated carbocycles. The first-order valence-electron chi connectivity index (χ1n) is 11.4. The van der Waals surface area contributed by atoms with Crippen LogP contribution in [0, 0.1) is 0 Å². The van der Waals surface area contributed by atoms with Gasteiger partial charge in [-0.25, -0.2) is 0 Å². The first-order valence-corrected chi connectivity index (χ1v) is 11.4. The van der Waals surface area contributed by atoms with Gasteiger partial charge in [0.05, 0.1) is 18.5 Å². The molecule has 0 bridgehead atoms. The quantitative estimate of drug-likeness (QED) is 0.541. The summed E-state index contributed by atoms with van der Waals surface area (Å²) in [5, 5.41) is 4.48. The van der Waals surface area contributed by atoms with E-state index in [0.717, 1.165) is 54.2 Å². The van der Waals surface area contributed by atoms with Gasteiger partial charge in [0.15, 0.2) is 0 Å². The summed E-state index contributed by atoms with van der Waals surface area (Å²) in [6, 6.07) is 20.5. The standard InChI is InChI=1S/C26H29N3O2/c30-24(18-20-10-4-1-5-11-20)29(22-14-15-22)19-23-25(21-12-6-2-7-13-21)27-31-26(23)28-16-8-3-9-17-28/h1-2,4-7,10-13,22H,3,8-9,14-19H2. The van der Waals surface area contributed by atoms with E-state index in [4.69, 9.17) is 4.52 Å². The topological polar surface area (TPSA) is 49.6 Å². The van der Waals surface area contributed by atoms with Crippen molar-refractivity contribution in [3.8, 4) is 11.3 Å². The molecule has 2 aromatic carbocycles. The highest BCUT2D eigenvalue weighted by molar-refractivity contribution is 5.80. The van der Waals surface area contributed by atoms with Gasteiger partial charge in [-0.2, -0.15) is 0 Å². The van der Waals surface area contributed by atoms with Gasteiger partial charge in [-0.05, 0) is 37.7 Å². The molecule has 0 unspecified atom stereocenters. The first kappa shape index (κ1) is 19.9. The monoisotopic (exact) mass is 415 g/mol. The Kier molecular flexibility index (Phi) is 5.74. The van der Waals surface area contributed by atoms with E-state index in [-0.39, 0.29) is 5.91 Å². The molecule has 0 spiro atoms. The number of carbonyl (C=O) groups is 1. The fourth-order valence-corrected chi connectivity index (χ4v) is 4.46. The van der Waals surface area contributed by atoms with Crippen molar-refractivity contribution in [2.24, 2.45) is 0 Å². The molecule has 5 rings (SSSR count). The van der Waals surface area contributed by atoms with Gasteiger partial charge in [-0.1, -0.05) is 65.8 Å². The predicted molar refractivity (Wildman–Crippen MR) is 122 cm³/mol. The molecule has 0 N–H and O–H groups in total. The summed E-state index contributed by atoms with van der Waals surface area (Å²) in [6.45, 7) is 2.52. The molecule has 0 atom stereocenters. The van der Waals surface area contributed by atoms with Crippen LogP contribution in [0.4, 0.5) is 5.88 Å². The lowest BCUT2D eigenvalue weighted by atomic mass is 10.0. The minimum Gasteiger partial charge on any atom is -0.340 e. The van der Waals surface area contributed by atoms with E-state index in [1.807, 2.05) is 48.5 Å². The lowest BCUT2D eigenvalue weighted by Crippen LogP contribution is -2.35. The number of rotatable bonds is 7. The normalized spacial score (nSPS) is 16.3. The van der Waals surface area contributed by atoms with Crippen molar-refractivity contribution in [2.75, 3.05) is 18.0 Å². The van der Waals surface area contributed by atoms with Crippen molar-refractivity contribution in [1.82, 2.24) is 10.1 Å². The highest BCUT2D eigenvalue weighted by atomic mass is 16.5. The maximum absolute atomic E-state index is 13.3. The van der Waals surface area contributed by atoms with Crippen molar-refractivity contribution in [2.45, 2.75) is 51.1 Å². The number of benzene rings is 2. The third kappa shape index (κ3) is 4.50. The van der Waals surface area contributed by atoms with E-state index in [1.54, 1.807) is 0 Å². The Labute approximate surface area is 183 Å². The molecule has 1 saturated heterocycles. The molecule has 1 aromatic heterocycles. The Morgan fingerprint density at radius 1 is 0.968 bits per heavy atom. The molecule has 2 aliphatic rings. The molecule has 1 amide bonds. The average Bonchev–Trinajstić information content (AvgIpc) is 3.58. The maximum Gasteiger partial charge on any atom is 0.232 e. The zero-order chi connectivity index (χ0) is 21.0. The highest BCUT2D eigenvalue weighted by Gasteiger charge is 2.35. The molecule has 5 nitrogen and oxygen atoms in total. The zero-order valence-corrected chi connectivity index (χ0v) is 17.9. The van der Waals surface area contributed by atoms with Gasteiger partial charge in [0.25, 0.3) is 0 Å². The number of piperidine rings is 1. The Bertz CT molecular complexity index is 1010. The molecule has 3 aromatic rings. The third-order valence-corrected chi connectivity index (χ3v) is 6.29. The summed E-state index contributed by atoms with van der Waals surface area (Å²) in [6.07, 6.45) is 6.18. The average molecular weight is 416 g/mol. The minimum atomic E-state index is 0.179. The van der Waals surface area contributed by atoms with E-state index < -0.39 is 0 Å². The Balaban J connectivity index is 1.46. The van der Waals surface area contributed by atoms with Crippen LogP contribution in [-0.2, 0) is 17.8 Å². The molecule has 2 fully saturated rings. The second-order valence-electron chi connectivity index (χ2n) is 8.64. The lowest BCUT2D eigenvalue weighted by Gasteiger charge is -2.28. The van der Waals surface area contributed by atoms with Crippen LogP contribution < -0.4 is 4.90 Å². The minimum absolute atomic E-state index is 0.179. The lowest BCUT2D eigenvalue weighted by molar-refractivity contribution is -0.131. The summed E-state index contributed by atoms with van der Waals surface area (Å²) < 4.78 is 5.93. The van der Waals surface area contributed by atoms with E-state index in [2.05, 4.69) is 27.1 Å². The number of carbonyl (C=O) groups excluding carboxylic acids is 1. The summed E-state index contributed by atoms with van der Waals surface area (Å²) in [5.74, 6) is 1.02. The van der Waals surface area contributed by atoms with E-state index in [0.29, 0.717) is 19.0 Å². The van der Waals surface area contributed by atoms with Gasteiger partial charge in [-0.15, -0.1) is 0 Å². The fourth-order valence-electron chi connectivity index (χ4n) is 4.46. The van der Waals surface area contributed by atoms with Crippen LogP contribution in [0.3, 0.4) is 0 Å².